The minimum absolute atomic E-state index is 0.0341. The lowest BCUT2D eigenvalue weighted by atomic mass is 9.91. The molecule has 21 heavy (non-hydrogen) atoms. The van der Waals surface area contributed by atoms with E-state index in [1.807, 2.05) is 0 Å². The van der Waals surface area contributed by atoms with E-state index >= 15 is 0 Å². The van der Waals surface area contributed by atoms with Gasteiger partial charge in [-0.25, -0.2) is 4.79 Å². The highest BCUT2D eigenvalue weighted by Crippen LogP contribution is 2.30. The minimum atomic E-state index is -4.32. The van der Waals surface area contributed by atoms with Crippen LogP contribution >= 0.6 is 0 Å². The van der Waals surface area contributed by atoms with Gasteiger partial charge in [-0.05, 0) is 49.9 Å². The van der Waals surface area contributed by atoms with Gasteiger partial charge in [0.15, 0.2) is 0 Å². The summed E-state index contributed by atoms with van der Waals surface area (Å²) in [5.41, 5.74) is -0.0138. The second-order valence-electron chi connectivity index (χ2n) is 5.22. The molecule has 1 amide bonds. The Bertz CT molecular complexity index is 480. The highest BCUT2D eigenvalue weighted by molar-refractivity contribution is 5.64. The third-order valence-electron chi connectivity index (χ3n) is 3.64. The van der Waals surface area contributed by atoms with Gasteiger partial charge in [0.1, 0.15) is 0 Å². The van der Waals surface area contributed by atoms with Crippen LogP contribution in [-0.2, 0) is 6.18 Å². The predicted molar refractivity (Wildman–Crippen MR) is 72.3 cm³/mol. The van der Waals surface area contributed by atoms with E-state index in [0.717, 1.165) is 37.8 Å². The summed E-state index contributed by atoms with van der Waals surface area (Å²) in [5.74, 6) is 0. The average Bonchev–Trinajstić information content (AvgIpc) is 2.40. The Balaban J connectivity index is 1.85. The van der Waals surface area contributed by atoms with Crippen LogP contribution in [0.25, 0.3) is 0 Å². The smallest absolute Gasteiger partial charge is 0.416 e. The molecule has 7 heteroatoms. The normalized spacial score (nSPS) is 22.6. The number of nitrogens with one attached hydrogen (secondary N) is 2. The number of hydrogen-bond acceptors (Lipinski definition) is 2. The number of halogens is 3. The molecule has 0 atom stereocenters. The lowest BCUT2D eigenvalue weighted by molar-refractivity contribution is -0.137. The van der Waals surface area contributed by atoms with E-state index in [9.17, 15) is 18.0 Å². The zero-order valence-corrected chi connectivity index (χ0v) is 11.3. The molecule has 0 heterocycles. The molecule has 116 valence electrons. The fourth-order valence-electron chi connectivity index (χ4n) is 2.55. The van der Waals surface area contributed by atoms with E-state index in [-0.39, 0.29) is 12.1 Å². The van der Waals surface area contributed by atoms with Gasteiger partial charge in [-0.2, -0.15) is 13.2 Å². The zero-order valence-electron chi connectivity index (χ0n) is 11.3. The minimum Gasteiger partial charge on any atom is -0.465 e. The molecule has 0 aromatic heterocycles. The second kappa shape index (κ2) is 6.24. The highest BCUT2D eigenvalue weighted by atomic mass is 19.4. The molecule has 0 unspecified atom stereocenters. The van der Waals surface area contributed by atoms with Crippen LogP contribution in [0.4, 0.5) is 23.7 Å². The molecule has 3 N–H and O–H groups in total. The Kier molecular flexibility index (Phi) is 4.59. The third kappa shape index (κ3) is 4.54. The third-order valence-corrected chi connectivity index (χ3v) is 3.64. The largest absolute Gasteiger partial charge is 0.465 e. The van der Waals surface area contributed by atoms with Gasteiger partial charge in [0, 0.05) is 17.8 Å². The van der Waals surface area contributed by atoms with Crippen molar-refractivity contribution in [1.82, 2.24) is 5.32 Å². The maximum Gasteiger partial charge on any atom is 0.416 e. The summed E-state index contributed by atoms with van der Waals surface area (Å²) >= 11 is 0. The van der Waals surface area contributed by atoms with Crippen LogP contribution in [0.5, 0.6) is 0 Å². The molecular formula is C14H17F3N2O2. The van der Waals surface area contributed by atoms with Crippen molar-refractivity contribution in [1.29, 1.82) is 0 Å². The SMILES string of the molecule is O=C(O)NC1CCC(Nc2ccc(C(F)(F)F)cc2)CC1. The summed E-state index contributed by atoms with van der Waals surface area (Å²) in [6.45, 7) is 0. The number of alkyl halides is 3. The number of anilines is 1. The summed E-state index contributed by atoms with van der Waals surface area (Å²) < 4.78 is 37.4. The van der Waals surface area contributed by atoms with Crippen LogP contribution in [-0.4, -0.2) is 23.3 Å². The summed E-state index contributed by atoms with van der Waals surface area (Å²) in [4.78, 5) is 10.5. The fraction of sp³-hybridized carbons (Fsp3) is 0.500. The molecule has 0 saturated heterocycles. The molecule has 0 spiro atoms. The number of benzene rings is 1. The Morgan fingerprint density at radius 3 is 2.05 bits per heavy atom. The van der Waals surface area contributed by atoms with Crippen molar-refractivity contribution in [3.63, 3.8) is 0 Å². The van der Waals surface area contributed by atoms with Gasteiger partial charge in [0.05, 0.1) is 5.56 Å². The molecule has 0 radical (unpaired) electrons. The van der Waals surface area contributed by atoms with Crippen LogP contribution in [0.3, 0.4) is 0 Å². The topological polar surface area (TPSA) is 61.4 Å². The van der Waals surface area contributed by atoms with E-state index in [4.69, 9.17) is 5.11 Å². The number of carbonyl (C=O) groups is 1. The van der Waals surface area contributed by atoms with Gasteiger partial charge in [0.2, 0.25) is 0 Å². The van der Waals surface area contributed by atoms with Crippen LogP contribution in [0.15, 0.2) is 24.3 Å². The molecule has 4 nitrogen and oxygen atoms in total. The monoisotopic (exact) mass is 302 g/mol. The Hall–Kier alpha value is -1.92. The second-order valence-corrected chi connectivity index (χ2v) is 5.22. The quantitative estimate of drug-likeness (QED) is 0.798. The molecule has 2 rings (SSSR count). The summed E-state index contributed by atoms with van der Waals surface area (Å²) in [6.07, 6.45) is -2.32. The van der Waals surface area contributed by atoms with Crippen LogP contribution in [0.2, 0.25) is 0 Å². The van der Waals surface area contributed by atoms with Gasteiger partial charge in [-0.1, -0.05) is 0 Å². The summed E-state index contributed by atoms with van der Waals surface area (Å²) in [7, 11) is 0. The molecule has 1 aromatic carbocycles. The maximum absolute atomic E-state index is 12.5. The Labute approximate surface area is 120 Å². The lowest BCUT2D eigenvalue weighted by Gasteiger charge is -2.29. The number of carboxylic acid groups (broad SMARTS) is 1. The molecule has 1 aliphatic rings. The van der Waals surface area contributed by atoms with Gasteiger partial charge < -0.3 is 15.7 Å². The van der Waals surface area contributed by atoms with Crippen molar-refractivity contribution < 1.29 is 23.1 Å². The van der Waals surface area contributed by atoms with Crippen LogP contribution < -0.4 is 10.6 Å². The van der Waals surface area contributed by atoms with E-state index in [0.29, 0.717) is 5.69 Å². The molecular weight excluding hydrogens is 285 g/mol. The molecule has 0 aliphatic heterocycles. The van der Waals surface area contributed by atoms with Gasteiger partial charge >= 0.3 is 12.3 Å². The first-order valence-corrected chi connectivity index (χ1v) is 6.78. The first-order valence-electron chi connectivity index (χ1n) is 6.78. The van der Waals surface area contributed by atoms with Crippen LogP contribution in [0, 0.1) is 0 Å². The highest BCUT2D eigenvalue weighted by Gasteiger charge is 2.30. The average molecular weight is 302 g/mol. The van der Waals surface area contributed by atoms with Crippen molar-refractivity contribution in [2.75, 3.05) is 5.32 Å². The standard InChI is InChI=1S/C14H17F3N2O2/c15-14(16,17)9-1-3-10(4-2-9)18-11-5-7-12(8-6-11)19-13(20)21/h1-4,11-12,18-19H,5-8H2,(H,20,21). The number of hydrogen-bond donors (Lipinski definition) is 3. The molecule has 0 bridgehead atoms. The van der Waals surface area contributed by atoms with E-state index < -0.39 is 17.8 Å². The maximum atomic E-state index is 12.5. The number of rotatable bonds is 3. The van der Waals surface area contributed by atoms with Crippen LogP contribution in [0.1, 0.15) is 31.2 Å². The lowest BCUT2D eigenvalue weighted by Crippen LogP contribution is -2.39. The first-order chi connectivity index (χ1) is 9.84. The van der Waals surface area contributed by atoms with Crippen molar-refractivity contribution in [3.05, 3.63) is 29.8 Å². The molecule has 1 aliphatic carbocycles. The van der Waals surface area contributed by atoms with Crippen molar-refractivity contribution in [3.8, 4) is 0 Å². The Morgan fingerprint density at radius 2 is 1.57 bits per heavy atom. The van der Waals surface area contributed by atoms with Crippen molar-refractivity contribution >= 4 is 11.8 Å². The van der Waals surface area contributed by atoms with Gasteiger partial charge in [0.25, 0.3) is 0 Å². The van der Waals surface area contributed by atoms with Gasteiger partial charge in [-0.3, -0.25) is 0 Å². The summed E-state index contributed by atoms with van der Waals surface area (Å²) in [6, 6.07) is 5.08. The molecule has 1 aromatic rings. The van der Waals surface area contributed by atoms with Crippen molar-refractivity contribution in [2.24, 2.45) is 0 Å². The fourth-order valence-corrected chi connectivity index (χ4v) is 2.55. The Morgan fingerprint density at radius 1 is 1.05 bits per heavy atom. The molecule has 1 saturated carbocycles. The predicted octanol–water partition coefficient (Wildman–Crippen LogP) is 3.70. The van der Waals surface area contributed by atoms with E-state index in [1.54, 1.807) is 0 Å². The van der Waals surface area contributed by atoms with E-state index in [2.05, 4.69) is 10.6 Å². The van der Waals surface area contributed by atoms with Crippen molar-refractivity contribution in [2.45, 2.75) is 43.9 Å². The zero-order chi connectivity index (χ0) is 15.5. The van der Waals surface area contributed by atoms with E-state index in [1.165, 1.54) is 12.1 Å². The first kappa shape index (κ1) is 15.5. The summed E-state index contributed by atoms with van der Waals surface area (Å²) in [5, 5.41) is 14.3. The number of amides is 1. The molecule has 1 fully saturated rings. The van der Waals surface area contributed by atoms with Gasteiger partial charge in [-0.15, -0.1) is 0 Å².